The molecule has 0 saturated heterocycles. The van der Waals surface area contributed by atoms with Gasteiger partial charge in [-0.25, -0.2) is 10.1 Å². The number of hydrazone groups is 1. The fourth-order valence-electron chi connectivity index (χ4n) is 2.63. The SMILES string of the molecule is Nc1nonc1-n1nnc(C(=O)NN=Cc2cc(Br)ccc2O)c1CSc1ccccc1. The van der Waals surface area contributed by atoms with Gasteiger partial charge in [0.15, 0.2) is 5.69 Å². The van der Waals surface area contributed by atoms with Gasteiger partial charge in [-0.3, -0.25) is 4.79 Å². The van der Waals surface area contributed by atoms with Gasteiger partial charge >= 0.3 is 0 Å². The first-order valence-corrected chi connectivity index (χ1v) is 10.8. The molecule has 4 rings (SSSR count). The van der Waals surface area contributed by atoms with Crippen molar-refractivity contribution in [1.82, 2.24) is 30.7 Å². The Kier molecular flexibility index (Phi) is 6.47. The average Bonchev–Trinajstić information content (AvgIpc) is 3.41. The summed E-state index contributed by atoms with van der Waals surface area (Å²) in [7, 11) is 0. The number of benzene rings is 2. The quantitative estimate of drug-likeness (QED) is 0.191. The van der Waals surface area contributed by atoms with Crippen LogP contribution in [-0.4, -0.2) is 42.5 Å². The molecule has 0 spiro atoms. The number of nitrogens with two attached hydrogens (primary N) is 1. The molecule has 1 amide bonds. The lowest BCUT2D eigenvalue weighted by Gasteiger charge is -2.06. The Morgan fingerprint density at radius 2 is 2.09 bits per heavy atom. The topological polar surface area (TPSA) is 157 Å². The highest BCUT2D eigenvalue weighted by Crippen LogP contribution is 2.26. The summed E-state index contributed by atoms with van der Waals surface area (Å²) in [4.78, 5) is 13.8. The van der Waals surface area contributed by atoms with Crippen LogP contribution in [-0.2, 0) is 5.75 Å². The molecule has 2 heterocycles. The second kappa shape index (κ2) is 9.62. The Balaban J connectivity index is 1.58. The van der Waals surface area contributed by atoms with Crippen LogP contribution in [0.1, 0.15) is 21.7 Å². The molecule has 0 fully saturated rings. The van der Waals surface area contributed by atoms with E-state index in [1.54, 1.807) is 12.1 Å². The fraction of sp³-hybridized carbons (Fsp3) is 0.0526. The zero-order valence-corrected chi connectivity index (χ0v) is 18.6. The molecule has 0 aliphatic rings. The highest BCUT2D eigenvalue weighted by molar-refractivity contribution is 9.10. The van der Waals surface area contributed by atoms with Gasteiger partial charge in [0.25, 0.3) is 5.91 Å². The molecule has 0 bridgehead atoms. The number of nitrogens with zero attached hydrogens (tertiary/aromatic N) is 6. The van der Waals surface area contributed by atoms with Gasteiger partial charge in [0.05, 0.1) is 11.9 Å². The van der Waals surface area contributed by atoms with Gasteiger partial charge in [0, 0.05) is 20.7 Å². The normalized spacial score (nSPS) is 11.2. The van der Waals surface area contributed by atoms with Gasteiger partial charge < -0.3 is 10.8 Å². The summed E-state index contributed by atoms with van der Waals surface area (Å²) in [5.74, 6) is -0.104. The third-order valence-electron chi connectivity index (χ3n) is 4.15. The molecule has 2 aromatic heterocycles. The second-order valence-corrected chi connectivity index (χ2v) is 8.24. The van der Waals surface area contributed by atoms with E-state index in [4.69, 9.17) is 5.73 Å². The van der Waals surface area contributed by atoms with Crippen molar-refractivity contribution in [3.8, 4) is 11.6 Å². The maximum atomic E-state index is 12.8. The molecule has 4 N–H and O–H groups in total. The molecule has 162 valence electrons. The van der Waals surface area contributed by atoms with E-state index >= 15 is 0 Å². The van der Waals surface area contributed by atoms with Gasteiger partial charge in [-0.05, 0) is 40.6 Å². The molecule has 0 unspecified atom stereocenters. The van der Waals surface area contributed by atoms with E-state index < -0.39 is 5.91 Å². The summed E-state index contributed by atoms with van der Waals surface area (Å²) >= 11 is 4.79. The molecule has 0 aliphatic heterocycles. The first kappa shape index (κ1) is 21.5. The number of halogens is 1. The average molecular weight is 515 g/mol. The Bertz CT molecular complexity index is 1270. The predicted molar refractivity (Wildman–Crippen MR) is 120 cm³/mol. The standard InChI is InChI=1S/C19H15BrN8O3S/c20-12-6-7-15(29)11(8-12)9-22-24-19(30)16-14(10-32-13-4-2-1-3-5-13)28(27-23-16)18-17(21)25-31-26-18/h1-9,29H,10H2,(H2,21,25)(H,24,30). The lowest BCUT2D eigenvalue weighted by atomic mass is 10.2. The van der Waals surface area contributed by atoms with Crippen molar-refractivity contribution in [1.29, 1.82) is 0 Å². The Morgan fingerprint density at radius 1 is 1.28 bits per heavy atom. The van der Waals surface area contributed by atoms with Gasteiger partial charge in [0.1, 0.15) is 5.75 Å². The summed E-state index contributed by atoms with van der Waals surface area (Å²) in [6.45, 7) is 0. The van der Waals surface area contributed by atoms with Crippen LogP contribution in [0, 0.1) is 0 Å². The molecule has 2 aromatic carbocycles. The number of carbonyl (C=O) groups excluding carboxylic acids is 1. The largest absolute Gasteiger partial charge is 0.507 e. The van der Waals surface area contributed by atoms with Crippen molar-refractivity contribution in [3.05, 3.63) is 70.0 Å². The number of nitrogens with one attached hydrogen (secondary N) is 1. The number of thioether (sulfide) groups is 1. The van der Waals surface area contributed by atoms with Crippen LogP contribution in [0.4, 0.5) is 5.82 Å². The molecule has 32 heavy (non-hydrogen) atoms. The summed E-state index contributed by atoms with van der Waals surface area (Å²) < 4.78 is 6.71. The number of rotatable bonds is 7. The highest BCUT2D eigenvalue weighted by Gasteiger charge is 2.24. The number of aromatic hydroxyl groups is 1. The minimum atomic E-state index is -0.597. The zero-order valence-electron chi connectivity index (χ0n) is 16.2. The van der Waals surface area contributed by atoms with Crippen molar-refractivity contribution >= 4 is 45.6 Å². The number of phenols is 1. The van der Waals surface area contributed by atoms with E-state index in [9.17, 15) is 9.90 Å². The Morgan fingerprint density at radius 3 is 2.84 bits per heavy atom. The monoisotopic (exact) mass is 514 g/mol. The van der Waals surface area contributed by atoms with Crippen molar-refractivity contribution in [2.45, 2.75) is 10.6 Å². The number of hydrogen-bond acceptors (Lipinski definition) is 10. The number of hydrogen-bond donors (Lipinski definition) is 3. The summed E-state index contributed by atoms with van der Waals surface area (Å²) in [6.07, 6.45) is 1.32. The molecule has 0 radical (unpaired) electrons. The first-order valence-electron chi connectivity index (χ1n) is 9.05. The van der Waals surface area contributed by atoms with Crippen LogP contribution in [0.2, 0.25) is 0 Å². The molecule has 0 atom stereocenters. The van der Waals surface area contributed by atoms with Gasteiger partial charge in [-0.2, -0.15) is 9.78 Å². The molecule has 0 saturated carbocycles. The van der Waals surface area contributed by atoms with Gasteiger partial charge in [0.2, 0.25) is 11.6 Å². The lowest BCUT2D eigenvalue weighted by molar-refractivity contribution is 0.0949. The fourth-order valence-corrected chi connectivity index (χ4v) is 3.92. The number of phenolic OH excluding ortho intramolecular Hbond substituents is 1. The predicted octanol–water partition coefficient (Wildman–Crippen LogP) is 2.76. The summed E-state index contributed by atoms with van der Waals surface area (Å²) in [5, 5.41) is 29.1. The molecular formula is C19H15BrN8O3S. The minimum absolute atomic E-state index is 0.0102. The number of amides is 1. The molecule has 4 aromatic rings. The first-order chi connectivity index (χ1) is 15.5. The van der Waals surface area contributed by atoms with E-state index in [1.165, 1.54) is 28.7 Å². The molecule has 13 heteroatoms. The number of aromatic nitrogens is 5. The van der Waals surface area contributed by atoms with Crippen molar-refractivity contribution in [2.24, 2.45) is 5.10 Å². The molecular weight excluding hydrogens is 500 g/mol. The maximum absolute atomic E-state index is 12.8. The van der Waals surface area contributed by atoms with E-state index in [0.717, 1.165) is 9.37 Å². The highest BCUT2D eigenvalue weighted by atomic mass is 79.9. The third kappa shape index (κ3) is 4.78. The van der Waals surface area contributed by atoms with E-state index in [2.05, 4.69) is 51.7 Å². The number of nitrogen functional groups attached to an aromatic ring is 1. The lowest BCUT2D eigenvalue weighted by Crippen LogP contribution is -2.20. The van der Waals surface area contributed by atoms with Crippen LogP contribution in [0.25, 0.3) is 5.82 Å². The van der Waals surface area contributed by atoms with Crippen LogP contribution in [0.15, 0.2) is 67.6 Å². The second-order valence-electron chi connectivity index (χ2n) is 6.27. The van der Waals surface area contributed by atoms with Crippen molar-refractivity contribution in [2.75, 3.05) is 5.73 Å². The van der Waals surface area contributed by atoms with Crippen LogP contribution < -0.4 is 11.2 Å². The summed E-state index contributed by atoms with van der Waals surface area (Å²) in [5.41, 5.74) is 9.07. The minimum Gasteiger partial charge on any atom is -0.507 e. The zero-order chi connectivity index (χ0) is 22.5. The summed E-state index contributed by atoms with van der Waals surface area (Å²) in [6, 6.07) is 14.5. The van der Waals surface area contributed by atoms with Crippen LogP contribution >= 0.6 is 27.7 Å². The van der Waals surface area contributed by atoms with Gasteiger partial charge in [-0.1, -0.05) is 39.3 Å². The van der Waals surface area contributed by atoms with Gasteiger partial charge in [-0.15, -0.1) is 16.9 Å². The van der Waals surface area contributed by atoms with Crippen LogP contribution in [0.5, 0.6) is 5.75 Å². The smallest absolute Gasteiger partial charge is 0.293 e. The Hall–Kier alpha value is -3.71. The van der Waals surface area contributed by atoms with Crippen LogP contribution in [0.3, 0.4) is 0 Å². The van der Waals surface area contributed by atoms with E-state index in [1.807, 2.05) is 30.3 Å². The van der Waals surface area contributed by atoms with Crippen molar-refractivity contribution in [3.63, 3.8) is 0 Å². The maximum Gasteiger partial charge on any atom is 0.293 e. The van der Waals surface area contributed by atoms with Crippen molar-refractivity contribution < 1.29 is 14.5 Å². The number of anilines is 1. The third-order valence-corrected chi connectivity index (χ3v) is 5.67. The Labute approximate surface area is 193 Å². The molecule has 0 aliphatic carbocycles. The van der Waals surface area contributed by atoms with E-state index in [-0.39, 0.29) is 23.1 Å². The number of carbonyl (C=O) groups is 1. The van der Waals surface area contributed by atoms with E-state index in [0.29, 0.717) is 17.0 Å². The molecule has 11 nitrogen and oxygen atoms in total.